The number of methoxy groups -OCH3 is 1. The van der Waals surface area contributed by atoms with E-state index in [0.717, 1.165) is 51.9 Å². The lowest BCUT2D eigenvalue weighted by atomic mass is 10.0. The minimum Gasteiger partial charge on any atom is -0.497 e. The number of aromatic nitrogens is 1. The molecule has 3 aromatic rings. The van der Waals surface area contributed by atoms with Gasteiger partial charge in [0.1, 0.15) is 17.2 Å². The smallest absolute Gasteiger partial charge is 0.223 e. The third-order valence-electron chi connectivity index (χ3n) is 5.51. The van der Waals surface area contributed by atoms with Gasteiger partial charge < -0.3 is 19.7 Å². The van der Waals surface area contributed by atoms with Gasteiger partial charge in [0.05, 0.1) is 18.5 Å². The summed E-state index contributed by atoms with van der Waals surface area (Å²) in [6, 6.07) is 19.7. The molecular formula is C27H28BN3O2. The molecule has 1 aliphatic rings. The molecule has 1 aromatic heterocycles. The Balaban J connectivity index is 1.54. The molecule has 0 bridgehead atoms. The van der Waals surface area contributed by atoms with Crippen molar-refractivity contribution in [2.24, 2.45) is 10.7 Å². The van der Waals surface area contributed by atoms with Gasteiger partial charge in [0.15, 0.2) is 0 Å². The third-order valence-corrected chi connectivity index (χ3v) is 5.51. The Morgan fingerprint density at radius 1 is 1.03 bits per heavy atom. The number of ether oxygens (including phenoxy) is 2. The number of allylic oxidation sites excluding steroid dienone is 3. The second-order valence-electron chi connectivity index (χ2n) is 7.92. The maximum absolute atomic E-state index is 5.98. The van der Waals surface area contributed by atoms with Gasteiger partial charge in [0, 0.05) is 11.3 Å². The van der Waals surface area contributed by atoms with E-state index in [4.69, 9.17) is 20.2 Å². The molecule has 0 aliphatic carbocycles. The molecule has 5 nitrogen and oxygen atoms in total. The standard InChI is InChI=1S/C27H28BN3O2/c1-19-17-21(30-27(19)25(14-15-29)26-7-4-16-31(26)28)9-8-20-5-3-6-24(18-20)33-23-12-10-22(32-2)11-13-23/h3-13,16-18H,14-15,28-29H2,1-2H3/b9-8+,27-25-. The lowest BCUT2D eigenvalue weighted by Gasteiger charge is -2.11. The summed E-state index contributed by atoms with van der Waals surface area (Å²) in [4.78, 5) is 4.91. The van der Waals surface area contributed by atoms with Crippen molar-refractivity contribution in [3.05, 3.63) is 102 Å². The van der Waals surface area contributed by atoms with Gasteiger partial charge in [-0.05, 0) is 97.9 Å². The molecule has 2 N–H and O–H groups in total. The molecule has 0 amide bonds. The number of benzene rings is 2. The van der Waals surface area contributed by atoms with E-state index in [2.05, 4.69) is 29.6 Å². The number of rotatable bonds is 8. The molecule has 166 valence electrons. The van der Waals surface area contributed by atoms with Gasteiger partial charge >= 0.3 is 0 Å². The molecule has 2 heterocycles. The summed E-state index contributed by atoms with van der Waals surface area (Å²) < 4.78 is 13.3. The minimum atomic E-state index is 0.582. The topological polar surface area (TPSA) is 61.8 Å². The highest BCUT2D eigenvalue weighted by molar-refractivity contribution is 6.11. The van der Waals surface area contributed by atoms with Crippen LogP contribution in [0.5, 0.6) is 17.2 Å². The number of aliphatic imine (C=N–C) groups is 1. The van der Waals surface area contributed by atoms with Crippen LogP contribution in [0, 0.1) is 0 Å². The van der Waals surface area contributed by atoms with Crippen molar-refractivity contribution in [2.75, 3.05) is 13.7 Å². The Hall–Kier alpha value is -3.77. The van der Waals surface area contributed by atoms with Gasteiger partial charge in [-0.3, -0.25) is 0 Å². The van der Waals surface area contributed by atoms with Crippen molar-refractivity contribution >= 4 is 25.3 Å². The van der Waals surface area contributed by atoms with Gasteiger partial charge in [-0.25, -0.2) is 4.99 Å². The Kier molecular flexibility index (Phi) is 6.96. The van der Waals surface area contributed by atoms with Crippen LogP contribution in [0.1, 0.15) is 24.6 Å². The molecule has 1 aliphatic heterocycles. The average molecular weight is 437 g/mol. The van der Waals surface area contributed by atoms with Gasteiger partial charge in [0.25, 0.3) is 0 Å². The first-order valence-electron chi connectivity index (χ1n) is 11.0. The fourth-order valence-electron chi connectivity index (χ4n) is 3.86. The van der Waals surface area contributed by atoms with Crippen molar-refractivity contribution in [3.63, 3.8) is 0 Å². The van der Waals surface area contributed by atoms with Crippen LogP contribution in [0.15, 0.2) is 95.3 Å². The van der Waals surface area contributed by atoms with Crippen LogP contribution in [0.4, 0.5) is 0 Å². The van der Waals surface area contributed by atoms with E-state index in [1.165, 1.54) is 5.57 Å². The molecule has 33 heavy (non-hydrogen) atoms. The molecule has 0 saturated carbocycles. The molecule has 4 rings (SSSR count). The molecule has 0 spiro atoms. The lowest BCUT2D eigenvalue weighted by Crippen LogP contribution is -2.05. The number of hydrogen-bond acceptors (Lipinski definition) is 4. The third kappa shape index (κ3) is 5.36. The Bertz CT molecular complexity index is 1250. The summed E-state index contributed by atoms with van der Waals surface area (Å²) in [7, 11) is 3.70. The number of hydrogen-bond donors (Lipinski definition) is 1. The molecule has 0 unspecified atom stereocenters. The SMILES string of the molecule is Bn1cccc1/C(CCN)=C1N=C(/C=C/c2cccc(Oc3ccc(OC)cc3)c2)C=C\1C. The Morgan fingerprint density at radius 3 is 2.52 bits per heavy atom. The first-order chi connectivity index (χ1) is 16.1. The fourth-order valence-corrected chi connectivity index (χ4v) is 3.86. The van der Waals surface area contributed by atoms with Crippen LogP contribution < -0.4 is 15.2 Å². The zero-order valence-electron chi connectivity index (χ0n) is 19.3. The first-order valence-corrected chi connectivity index (χ1v) is 11.0. The largest absolute Gasteiger partial charge is 0.497 e. The van der Waals surface area contributed by atoms with Crippen LogP contribution in [-0.2, 0) is 0 Å². The first kappa shape index (κ1) is 22.4. The number of nitrogens with zero attached hydrogens (tertiary/aromatic N) is 2. The molecular weight excluding hydrogens is 409 g/mol. The van der Waals surface area contributed by atoms with Crippen LogP contribution in [0.3, 0.4) is 0 Å². The molecule has 0 saturated heterocycles. The fraction of sp³-hybridized carbons (Fsp3) is 0.148. The van der Waals surface area contributed by atoms with E-state index < -0.39 is 0 Å². The normalized spacial score (nSPS) is 14.9. The van der Waals surface area contributed by atoms with E-state index in [1.54, 1.807) is 7.11 Å². The zero-order valence-corrected chi connectivity index (χ0v) is 19.3. The van der Waals surface area contributed by atoms with E-state index in [-0.39, 0.29) is 0 Å². The van der Waals surface area contributed by atoms with Gasteiger partial charge in [0.2, 0.25) is 7.98 Å². The quantitative estimate of drug-likeness (QED) is 0.512. The summed E-state index contributed by atoms with van der Waals surface area (Å²) in [6.45, 7) is 2.68. The van der Waals surface area contributed by atoms with Crippen LogP contribution in [-0.4, -0.2) is 31.8 Å². The van der Waals surface area contributed by atoms with Gasteiger partial charge in [-0.15, -0.1) is 0 Å². The summed E-state index contributed by atoms with van der Waals surface area (Å²) in [5.74, 6) is 2.34. The maximum atomic E-state index is 5.98. The highest BCUT2D eigenvalue weighted by Gasteiger charge is 2.16. The van der Waals surface area contributed by atoms with E-state index in [9.17, 15) is 0 Å². The van der Waals surface area contributed by atoms with E-state index in [0.29, 0.717) is 6.54 Å². The van der Waals surface area contributed by atoms with Crippen molar-refractivity contribution in [3.8, 4) is 17.2 Å². The average Bonchev–Trinajstić information content (AvgIpc) is 3.42. The van der Waals surface area contributed by atoms with Gasteiger partial charge in [-0.2, -0.15) is 0 Å². The van der Waals surface area contributed by atoms with Crippen molar-refractivity contribution in [1.29, 1.82) is 0 Å². The second kappa shape index (κ2) is 10.2. The molecule has 0 atom stereocenters. The van der Waals surface area contributed by atoms with Crippen LogP contribution in [0.25, 0.3) is 11.6 Å². The lowest BCUT2D eigenvalue weighted by molar-refractivity contribution is 0.413. The predicted molar refractivity (Wildman–Crippen MR) is 139 cm³/mol. The summed E-state index contributed by atoms with van der Waals surface area (Å²) in [6.07, 6.45) is 9.03. The molecule has 2 aromatic carbocycles. The Labute approximate surface area is 196 Å². The van der Waals surface area contributed by atoms with Gasteiger partial charge in [-0.1, -0.05) is 18.2 Å². The highest BCUT2D eigenvalue weighted by atomic mass is 16.5. The van der Waals surface area contributed by atoms with Crippen molar-refractivity contribution in [1.82, 2.24) is 4.48 Å². The molecule has 6 heteroatoms. The zero-order chi connectivity index (χ0) is 23.2. The molecule has 0 fully saturated rings. The van der Waals surface area contributed by atoms with E-state index in [1.807, 2.05) is 74.9 Å². The maximum Gasteiger partial charge on any atom is 0.223 e. The summed E-state index contributed by atoms with van der Waals surface area (Å²) in [5.41, 5.74) is 12.4. The summed E-state index contributed by atoms with van der Waals surface area (Å²) >= 11 is 0. The number of nitrogens with two attached hydrogens (primary N) is 1. The monoisotopic (exact) mass is 437 g/mol. The van der Waals surface area contributed by atoms with Crippen LogP contribution in [0.2, 0.25) is 0 Å². The molecule has 0 radical (unpaired) electrons. The second-order valence-corrected chi connectivity index (χ2v) is 7.92. The predicted octanol–water partition coefficient (Wildman–Crippen LogP) is 4.86. The van der Waals surface area contributed by atoms with Crippen molar-refractivity contribution < 1.29 is 9.47 Å². The highest BCUT2D eigenvalue weighted by Crippen LogP contribution is 2.31. The van der Waals surface area contributed by atoms with Crippen LogP contribution >= 0.6 is 0 Å². The summed E-state index contributed by atoms with van der Waals surface area (Å²) in [5, 5.41) is 0. The van der Waals surface area contributed by atoms with Crippen molar-refractivity contribution in [2.45, 2.75) is 13.3 Å². The Morgan fingerprint density at radius 2 is 1.82 bits per heavy atom. The minimum absolute atomic E-state index is 0.582. The van der Waals surface area contributed by atoms with E-state index >= 15 is 0 Å².